The lowest BCUT2D eigenvalue weighted by atomic mass is 9.94. The highest BCUT2D eigenvalue weighted by atomic mass is 16.2. The Kier molecular flexibility index (Phi) is 4.86. The lowest BCUT2D eigenvalue weighted by Gasteiger charge is -2.19. The fraction of sp³-hybridized carbons (Fsp3) is 0.440. The van der Waals surface area contributed by atoms with Crippen LogP contribution >= 0.6 is 0 Å². The Labute approximate surface area is 172 Å². The minimum absolute atomic E-state index is 0.0708. The molecule has 0 heterocycles. The molecular weight excluding hydrogens is 360 g/mol. The van der Waals surface area contributed by atoms with Crippen LogP contribution < -0.4 is 10.6 Å². The molecule has 0 saturated heterocycles. The molecule has 3 saturated carbocycles. The molecule has 0 spiro atoms. The van der Waals surface area contributed by atoms with Gasteiger partial charge in [0.15, 0.2) is 0 Å². The Balaban J connectivity index is 1.14. The monoisotopic (exact) mass is 388 g/mol. The summed E-state index contributed by atoms with van der Waals surface area (Å²) in [5.41, 5.74) is 2.58. The van der Waals surface area contributed by atoms with Gasteiger partial charge in [0.25, 0.3) is 0 Å². The van der Waals surface area contributed by atoms with Crippen LogP contribution in [0.2, 0.25) is 0 Å². The maximum Gasteiger partial charge on any atom is 0.224 e. The number of nitrogens with one attached hydrogen (secondary N) is 2. The molecule has 0 bridgehead atoms. The van der Waals surface area contributed by atoms with E-state index >= 15 is 0 Å². The molecule has 3 aliphatic rings. The number of carbonyl (C=O) groups is 2. The number of carbonyl (C=O) groups excluding carboxylic acids is 2. The van der Waals surface area contributed by atoms with E-state index < -0.39 is 0 Å². The second-order valence-electron chi connectivity index (χ2n) is 8.88. The third-order valence-corrected chi connectivity index (χ3v) is 6.88. The summed E-state index contributed by atoms with van der Waals surface area (Å²) in [6.45, 7) is 0. The van der Waals surface area contributed by atoms with Crippen LogP contribution in [0.25, 0.3) is 0 Å². The van der Waals surface area contributed by atoms with Gasteiger partial charge in [0.05, 0.1) is 0 Å². The molecule has 0 aromatic heterocycles. The van der Waals surface area contributed by atoms with E-state index in [0.717, 1.165) is 32.1 Å². The van der Waals surface area contributed by atoms with Crippen LogP contribution in [-0.2, 0) is 9.59 Å². The van der Waals surface area contributed by atoms with E-state index in [0.29, 0.717) is 11.8 Å². The molecule has 2 N–H and O–H groups in total. The topological polar surface area (TPSA) is 58.2 Å². The molecule has 6 atom stereocenters. The standard InChI is InChI=1S/C25H28N2O2/c28-24(26-22-14-20(22)16-8-3-1-4-9-16)18-12-7-13-19(18)25(29)27-23-15-21(23)17-10-5-2-6-11-17/h1-6,8-11,18-23H,7,12-15H2,(H,26,28)(H,27,29)/t18-,19-,20+,21+,22-,23-/m1/s1. The van der Waals surface area contributed by atoms with E-state index in [2.05, 4.69) is 34.9 Å². The lowest BCUT2D eigenvalue weighted by Crippen LogP contribution is -2.41. The molecule has 2 aromatic rings. The number of amides is 2. The third kappa shape index (κ3) is 3.93. The van der Waals surface area contributed by atoms with E-state index in [1.54, 1.807) is 0 Å². The summed E-state index contributed by atoms with van der Waals surface area (Å²) in [7, 11) is 0. The zero-order valence-electron chi connectivity index (χ0n) is 16.6. The average molecular weight is 389 g/mol. The van der Waals surface area contributed by atoms with Gasteiger partial charge in [-0.15, -0.1) is 0 Å². The van der Waals surface area contributed by atoms with E-state index in [-0.39, 0.29) is 35.7 Å². The third-order valence-electron chi connectivity index (χ3n) is 6.88. The summed E-state index contributed by atoms with van der Waals surface area (Å²) in [5.74, 6) is 0.628. The van der Waals surface area contributed by atoms with Gasteiger partial charge in [0.1, 0.15) is 0 Å². The molecule has 0 aliphatic heterocycles. The summed E-state index contributed by atoms with van der Waals surface area (Å²) in [6, 6.07) is 21.2. The highest BCUT2D eigenvalue weighted by Gasteiger charge is 2.46. The average Bonchev–Trinajstić information content (AvgIpc) is 3.65. The van der Waals surface area contributed by atoms with Crippen LogP contribution in [-0.4, -0.2) is 23.9 Å². The number of hydrogen-bond donors (Lipinski definition) is 2. The van der Waals surface area contributed by atoms with Gasteiger partial charge >= 0.3 is 0 Å². The van der Waals surface area contributed by atoms with Crippen molar-refractivity contribution in [3.63, 3.8) is 0 Å². The molecule has 4 nitrogen and oxygen atoms in total. The summed E-state index contributed by atoms with van der Waals surface area (Å²) >= 11 is 0. The predicted octanol–water partition coefficient (Wildman–Crippen LogP) is 3.75. The largest absolute Gasteiger partial charge is 0.352 e. The van der Waals surface area contributed by atoms with E-state index in [1.807, 2.05) is 36.4 Å². The normalized spacial score (nSPS) is 32.4. The first-order valence-corrected chi connectivity index (χ1v) is 10.9. The van der Waals surface area contributed by atoms with Gasteiger partial charge in [-0.25, -0.2) is 0 Å². The predicted molar refractivity (Wildman–Crippen MR) is 112 cm³/mol. The smallest absolute Gasteiger partial charge is 0.224 e. The van der Waals surface area contributed by atoms with Crippen molar-refractivity contribution >= 4 is 11.8 Å². The molecule has 3 fully saturated rings. The molecule has 0 radical (unpaired) electrons. The molecule has 3 aliphatic carbocycles. The maximum atomic E-state index is 12.9. The summed E-state index contributed by atoms with van der Waals surface area (Å²) in [5, 5.41) is 6.43. The second-order valence-corrected chi connectivity index (χ2v) is 8.88. The van der Waals surface area contributed by atoms with Crippen LogP contribution in [0.3, 0.4) is 0 Å². The summed E-state index contributed by atoms with van der Waals surface area (Å²) < 4.78 is 0. The molecule has 2 amide bonds. The van der Waals surface area contributed by atoms with Crippen molar-refractivity contribution in [2.75, 3.05) is 0 Å². The van der Waals surface area contributed by atoms with Crippen LogP contribution in [0.4, 0.5) is 0 Å². The first-order valence-electron chi connectivity index (χ1n) is 10.9. The number of rotatable bonds is 6. The highest BCUT2D eigenvalue weighted by molar-refractivity contribution is 5.89. The van der Waals surface area contributed by atoms with Crippen molar-refractivity contribution in [1.29, 1.82) is 0 Å². The van der Waals surface area contributed by atoms with Crippen molar-refractivity contribution in [3.05, 3.63) is 71.8 Å². The Bertz CT molecular complexity index is 809. The maximum absolute atomic E-state index is 12.9. The Morgan fingerprint density at radius 1 is 0.655 bits per heavy atom. The second kappa shape index (κ2) is 7.66. The van der Waals surface area contributed by atoms with Crippen molar-refractivity contribution in [1.82, 2.24) is 10.6 Å². The molecule has 4 heteroatoms. The molecule has 0 unspecified atom stereocenters. The van der Waals surface area contributed by atoms with Crippen LogP contribution in [0, 0.1) is 11.8 Å². The highest BCUT2D eigenvalue weighted by Crippen LogP contribution is 2.43. The lowest BCUT2D eigenvalue weighted by molar-refractivity contribution is -0.133. The van der Waals surface area contributed by atoms with Gasteiger partial charge in [-0.05, 0) is 36.8 Å². The fourth-order valence-electron chi connectivity index (χ4n) is 5.01. The van der Waals surface area contributed by atoms with E-state index in [9.17, 15) is 9.59 Å². The Morgan fingerprint density at radius 3 is 1.48 bits per heavy atom. The number of hydrogen-bond acceptors (Lipinski definition) is 2. The molecule has 2 aromatic carbocycles. The zero-order valence-corrected chi connectivity index (χ0v) is 16.6. The Morgan fingerprint density at radius 2 is 1.07 bits per heavy atom. The summed E-state index contributed by atoms with van der Waals surface area (Å²) in [4.78, 5) is 25.8. The van der Waals surface area contributed by atoms with Gasteiger partial charge in [-0.1, -0.05) is 67.1 Å². The molecule has 29 heavy (non-hydrogen) atoms. The van der Waals surface area contributed by atoms with Gasteiger partial charge in [0, 0.05) is 35.8 Å². The van der Waals surface area contributed by atoms with E-state index in [4.69, 9.17) is 0 Å². The van der Waals surface area contributed by atoms with Crippen LogP contribution in [0.5, 0.6) is 0 Å². The Hall–Kier alpha value is -2.62. The van der Waals surface area contributed by atoms with Gasteiger partial charge in [-0.3, -0.25) is 9.59 Å². The molecule has 5 rings (SSSR count). The van der Waals surface area contributed by atoms with Crippen LogP contribution in [0.15, 0.2) is 60.7 Å². The van der Waals surface area contributed by atoms with E-state index in [1.165, 1.54) is 11.1 Å². The van der Waals surface area contributed by atoms with Crippen LogP contribution in [0.1, 0.15) is 55.1 Å². The molecular formula is C25H28N2O2. The SMILES string of the molecule is O=C(N[C@@H]1C[C@H]1c1ccccc1)[C@@H]1CCC[C@H]1C(=O)N[C@@H]1C[C@H]1c1ccccc1. The van der Waals surface area contributed by atoms with Gasteiger partial charge < -0.3 is 10.6 Å². The number of benzene rings is 2. The first kappa shape index (κ1) is 18.4. The van der Waals surface area contributed by atoms with Crippen molar-refractivity contribution in [2.45, 2.75) is 56.0 Å². The fourth-order valence-corrected chi connectivity index (χ4v) is 5.01. The zero-order chi connectivity index (χ0) is 19.8. The molecule has 150 valence electrons. The van der Waals surface area contributed by atoms with Gasteiger partial charge in [0.2, 0.25) is 11.8 Å². The first-order chi connectivity index (χ1) is 14.2. The van der Waals surface area contributed by atoms with Crippen molar-refractivity contribution in [3.8, 4) is 0 Å². The minimum atomic E-state index is -0.180. The van der Waals surface area contributed by atoms with Crippen molar-refractivity contribution < 1.29 is 9.59 Å². The quantitative estimate of drug-likeness (QED) is 0.792. The minimum Gasteiger partial charge on any atom is -0.352 e. The van der Waals surface area contributed by atoms with Gasteiger partial charge in [-0.2, -0.15) is 0 Å². The van der Waals surface area contributed by atoms with Crippen molar-refractivity contribution in [2.24, 2.45) is 11.8 Å². The summed E-state index contributed by atoms with van der Waals surface area (Å²) in [6.07, 6.45) is 4.59.